The number of rotatable bonds is 4. The topological polar surface area (TPSA) is 29.5 Å². The third-order valence-electron chi connectivity index (χ3n) is 2.83. The highest BCUT2D eigenvalue weighted by atomic mass is 79.9. The van der Waals surface area contributed by atoms with Crippen LogP contribution in [0.4, 0.5) is 0 Å². The maximum Gasteiger partial charge on any atom is 0.228 e. The van der Waals surface area contributed by atoms with E-state index in [1.807, 2.05) is 14.0 Å². The molecular weight excluding hydrogens is 258 g/mol. The smallest absolute Gasteiger partial charge is 0.228 e. The van der Waals surface area contributed by atoms with Gasteiger partial charge in [-0.15, -0.1) is 0 Å². The summed E-state index contributed by atoms with van der Waals surface area (Å²) in [5, 5.41) is 0. The summed E-state index contributed by atoms with van der Waals surface area (Å²) in [6.07, 6.45) is 1.93. The van der Waals surface area contributed by atoms with E-state index < -0.39 is 0 Å². The summed E-state index contributed by atoms with van der Waals surface area (Å²) in [6, 6.07) is 0. The van der Waals surface area contributed by atoms with E-state index in [1.165, 1.54) is 0 Å². The lowest BCUT2D eigenvalue weighted by atomic mass is 9.98. The van der Waals surface area contributed by atoms with Gasteiger partial charge in [0.1, 0.15) is 0 Å². The monoisotopic (exact) mass is 277 g/mol. The van der Waals surface area contributed by atoms with E-state index in [0.717, 1.165) is 26.0 Å². The summed E-state index contributed by atoms with van der Waals surface area (Å²) in [7, 11) is 1.87. The van der Waals surface area contributed by atoms with Crippen LogP contribution in [0.3, 0.4) is 0 Å². The molecule has 1 aliphatic rings. The number of ether oxygens (including phenoxy) is 1. The Morgan fingerprint density at radius 3 is 2.87 bits per heavy atom. The first-order chi connectivity index (χ1) is 7.06. The van der Waals surface area contributed by atoms with Crippen molar-refractivity contribution in [3.8, 4) is 0 Å². The van der Waals surface area contributed by atoms with Crippen molar-refractivity contribution in [3.05, 3.63) is 0 Å². The van der Waals surface area contributed by atoms with Gasteiger partial charge >= 0.3 is 0 Å². The van der Waals surface area contributed by atoms with E-state index in [4.69, 9.17) is 4.74 Å². The zero-order valence-corrected chi connectivity index (χ0v) is 11.3. The molecule has 0 aliphatic carbocycles. The van der Waals surface area contributed by atoms with E-state index in [9.17, 15) is 4.79 Å². The molecule has 0 aromatic rings. The maximum absolute atomic E-state index is 12.1. The molecule has 0 aromatic heterocycles. The number of alkyl halides is 1. The van der Waals surface area contributed by atoms with Crippen LogP contribution in [0.15, 0.2) is 0 Å². The Labute approximate surface area is 100 Å². The van der Waals surface area contributed by atoms with Crippen LogP contribution in [0.1, 0.15) is 26.7 Å². The fourth-order valence-corrected chi connectivity index (χ4v) is 2.52. The fourth-order valence-electron chi connectivity index (χ4n) is 2.08. The fraction of sp³-hybridized carbons (Fsp3) is 0.909. The molecule has 3 atom stereocenters. The number of carbonyl (C=O) groups is 1. The van der Waals surface area contributed by atoms with Gasteiger partial charge in [0.25, 0.3) is 0 Å². The molecule has 1 aliphatic heterocycles. The second-order valence-electron chi connectivity index (χ2n) is 4.21. The molecular formula is C11H20BrNO2. The van der Waals surface area contributed by atoms with E-state index in [1.54, 1.807) is 4.90 Å². The Kier molecular flexibility index (Phi) is 5.06. The Balaban J connectivity index is 2.51. The minimum atomic E-state index is 0.0752. The Bertz CT molecular complexity index is 221. The molecule has 1 heterocycles. The van der Waals surface area contributed by atoms with Crippen molar-refractivity contribution in [1.29, 1.82) is 0 Å². The first-order valence-corrected chi connectivity index (χ1v) is 6.48. The highest BCUT2D eigenvalue weighted by molar-refractivity contribution is 9.09. The number of amides is 1. The molecule has 3 unspecified atom stereocenters. The molecule has 1 saturated heterocycles. The molecule has 4 heteroatoms. The quantitative estimate of drug-likeness (QED) is 0.736. The average Bonchev–Trinajstić information content (AvgIpc) is 2.62. The Morgan fingerprint density at radius 2 is 2.33 bits per heavy atom. The van der Waals surface area contributed by atoms with Crippen molar-refractivity contribution >= 4 is 21.8 Å². The molecule has 0 saturated carbocycles. The van der Waals surface area contributed by atoms with Gasteiger partial charge in [-0.25, -0.2) is 0 Å². The van der Waals surface area contributed by atoms with Gasteiger partial charge in [0.05, 0.1) is 12.0 Å². The van der Waals surface area contributed by atoms with Crippen LogP contribution < -0.4 is 0 Å². The van der Waals surface area contributed by atoms with E-state index in [-0.39, 0.29) is 17.9 Å². The van der Waals surface area contributed by atoms with Crippen LogP contribution >= 0.6 is 15.9 Å². The van der Waals surface area contributed by atoms with E-state index in [2.05, 4.69) is 22.9 Å². The number of halogens is 1. The lowest BCUT2D eigenvalue weighted by Crippen LogP contribution is -2.39. The number of hydrogen-bond acceptors (Lipinski definition) is 2. The summed E-state index contributed by atoms with van der Waals surface area (Å²) in [4.78, 5) is 14.2. The van der Waals surface area contributed by atoms with Crippen molar-refractivity contribution in [2.75, 3.05) is 20.2 Å². The molecule has 0 aromatic carbocycles. The van der Waals surface area contributed by atoms with Gasteiger partial charge in [0, 0.05) is 25.0 Å². The molecule has 15 heavy (non-hydrogen) atoms. The standard InChI is InChI=1S/C11H20BrNO2/c1-4-10-9(5-6-15-10)11(14)13(3)7-8(2)12/h8-10H,4-7H2,1-3H3. The van der Waals surface area contributed by atoms with Gasteiger partial charge in [0.15, 0.2) is 0 Å². The first kappa shape index (κ1) is 13.0. The summed E-state index contributed by atoms with van der Waals surface area (Å²) in [6.45, 7) is 5.61. The highest BCUT2D eigenvalue weighted by Crippen LogP contribution is 2.25. The molecule has 1 amide bonds. The van der Waals surface area contributed by atoms with Gasteiger partial charge in [0.2, 0.25) is 5.91 Å². The molecule has 3 nitrogen and oxygen atoms in total. The summed E-state index contributed by atoms with van der Waals surface area (Å²) in [5.74, 6) is 0.303. The van der Waals surface area contributed by atoms with E-state index in [0.29, 0.717) is 4.83 Å². The Morgan fingerprint density at radius 1 is 1.67 bits per heavy atom. The van der Waals surface area contributed by atoms with Crippen molar-refractivity contribution in [3.63, 3.8) is 0 Å². The van der Waals surface area contributed by atoms with Crippen LogP contribution in [-0.2, 0) is 9.53 Å². The molecule has 0 N–H and O–H groups in total. The second-order valence-corrected chi connectivity index (χ2v) is 5.78. The van der Waals surface area contributed by atoms with E-state index >= 15 is 0 Å². The van der Waals surface area contributed by atoms with Crippen LogP contribution in [0.2, 0.25) is 0 Å². The number of nitrogens with zero attached hydrogens (tertiary/aromatic N) is 1. The molecule has 1 fully saturated rings. The van der Waals surface area contributed by atoms with Gasteiger partial charge in [-0.05, 0) is 12.8 Å². The zero-order chi connectivity index (χ0) is 11.4. The van der Waals surface area contributed by atoms with Crippen molar-refractivity contribution in [2.24, 2.45) is 5.92 Å². The predicted octanol–water partition coefficient (Wildman–Crippen LogP) is 2.04. The highest BCUT2D eigenvalue weighted by Gasteiger charge is 2.34. The molecule has 0 spiro atoms. The van der Waals surface area contributed by atoms with Crippen molar-refractivity contribution < 1.29 is 9.53 Å². The van der Waals surface area contributed by atoms with Crippen LogP contribution in [-0.4, -0.2) is 41.9 Å². The SMILES string of the molecule is CCC1OCCC1C(=O)N(C)CC(C)Br. The van der Waals surface area contributed by atoms with Crippen molar-refractivity contribution in [1.82, 2.24) is 4.90 Å². The Hall–Kier alpha value is -0.0900. The largest absolute Gasteiger partial charge is 0.377 e. The van der Waals surface area contributed by atoms with Gasteiger partial charge in [-0.3, -0.25) is 4.79 Å². The molecule has 0 bridgehead atoms. The van der Waals surface area contributed by atoms with Crippen LogP contribution in [0, 0.1) is 5.92 Å². The summed E-state index contributed by atoms with van der Waals surface area (Å²) < 4.78 is 5.53. The lowest BCUT2D eigenvalue weighted by Gasteiger charge is -2.24. The summed E-state index contributed by atoms with van der Waals surface area (Å²) in [5.41, 5.74) is 0. The van der Waals surface area contributed by atoms with Gasteiger partial charge in [-0.2, -0.15) is 0 Å². The molecule has 0 radical (unpaired) electrons. The van der Waals surface area contributed by atoms with Crippen molar-refractivity contribution in [2.45, 2.75) is 37.6 Å². The van der Waals surface area contributed by atoms with Gasteiger partial charge in [-0.1, -0.05) is 29.8 Å². The second kappa shape index (κ2) is 5.85. The van der Waals surface area contributed by atoms with Crippen LogP contribution in [0.25, 0.3) is 0 Å². The third kappa shape index (κ3) is 3.45. The lowest BCUT2D eigenvalue weighted by molar-refractivity contribution is -0.135. The zero-order valence-electron chi connectivity index (χ0n) is 9.70. The first-order valence-electron chi connectivity index (χ1n) is 5.56. The molecule has 88 valence electrons. The molecule has 1 rings (SSSR count). The predicted molar refractivity (Wildman–Crippen MR) is 64.2 cm³/mol. The normalized spacial score (nSPS) is 27.7. The number of carbonyl (C=O) groups excluding carboxylic acids is 1. The maximum atomic E-state index is 12.1. The average molecular weight is 278 g/mol. The minimum absolute atomic E-state index is 0.0752. The third-order valence-corrected chi connectivity index (χ3v) is 3.12. The summed E-state index contributed by atoms with van der Waals surface area (Å²) >= 11 is 3.46. The van der Waals surface area contributed by atoms with Crippen LogP contribution in [0.5, 0.6) is 0 Å². The minimum Gasteiger partial charge on any atom is -0.377 e. The van der Waals surface area contributed by atoms with Gasteiger partial charge < -0.3 is 9.64 Å². The number of hydrogen-bond donors (Lipinski definition) is 0.